The molecule has 10 heteroatoms. The highest BCUT2D eigenvalue weighted by Gasteiger charge is 2.59. The Balaban J connectivity index is 1.43. The second-order valence-electron chi connectivity index (χ2n) is 8.94. The van der Waals surface area contributed by atoms with E-state index in [1.807, 2.05) is 0 Å². The number of aromatic nitrogens is 3. The third kappa shape index (κ3) is 3.30. The van der Waals surface area contributed by atoms with E-state index in [1.165, 1.54) is 10.6 Å². The predicted octanol–water partition coefficient (Wildman–Crippen LogP) is 1.10. The first-order valence-corrected chi connectivity index (χ1v) is 12.4. The van der Waals surface area contributed by atoms with Gasteiger partial charge < -0.3 is 10.4 Å². The lowest BCUT2D eigenvalue weighted by molar-refractivity contribution is 0.103. The monoisotopic (exact) mass is 433 g/mol. The molecule has 1 aliphatic heterocycles. The fourth-order valence-electron chi connectivity index (χ4n) is 5.23. The zero-order valence-corrected chi connectivity index (χ0v) is 17.8. The van der Waals surface area contributed by atoms with E-state index in [-0.39, 0.29) is 29.2 Å². The number of fused-ring (bicyclic) bond motifs is 1. The molecule has 0 amide bonds. The van der Waals surface area contributed by atoms with E-state index >= 15 is 0 Å². The molecular weight excluding hydrogens is 406 g/mol. The highest BCUT2D eigenvalue weighted by molar-refractivity contribution is 7.88. The van der Waals surface area contributed by atoms with Crippen molar-refractivity contribution in [2.24, 2.45) is 5.41 Å². The second kappa shape index (κ2) is 7.00. The molecule has 3 fully saturated rings. The zero-order chi connectivity index (χ0) is 21.1. The van der Waals surface area contributed by atoms with E-state index in [1.54, 1.807) is 22.9 Å². The summed E-state index contributed by atoms with van der Waals surface area (Å²) in [7, 11) is -3.16. The van der Waals surface area contributed by atoms with Crippen molar-refractivity contribution in [1.29, 1.82) is 0 Å². The van der Waals surface area contributed by atoms with Crippen molar-refractivity contribution in [2.45, 2.75) is 56.7 Å². The van der Waals surface area contributed by atoms with Crippen LogP contribution in [0.3, 0.4) is 0 Å². The van der Waals surface area contributed by atoms with Gasteiger partial charge in [-0.3, -0.25) is 9.36 Å². The lowest BCUT2D eigenvalue weighted by atomic mass is 9.98. The standard InChI is InChI=1S/C20H27N5O4S/c1-30(28,29)24-10-6-14(7-11-24)22-19-21-12-13-2-5-17(27)25(18(13)23-19)15-3-4-16(26)20(15)8-9-20/h2,5,12,14-16,26H,3-4,6-11H2,1H3,(H,21,22,23)/t15-,16?/m1/s1. The number of aliphatic hydroxyl groups excluding tert-OH is 1. The largest absolute Gasteiger partial charge is 0.392 e. The SMILES string of the molecule is CS(=O)(=O)N1CCC(Nc2ncc3ccc(=O)n([C@@H]4CCC(O)C45CC5)c3n2)CC1. The molecule has 2 N–H and O–H groups in total. The summed E-state index contributed by atoms with van der Waals surface area (Å²) in [4.78, 5) is 21.9. The molecule has 2 aliphatic carbocycles. The first-order chi connectivity index (χ1) is 14.3. The number of anilines is 1. The maximum Gasteiger partial charge on any atom is 0.252 e. The van der Waals surface area contributed by atoms with Gasteiger partial charge in [0.1, 0.15) is 5.65 Å². The number of pyridine rings is 1. The number of rotatable bonds is 4. The van der Waals surface area contributed by atoms with Crippen LogP contribution in [0.2, 0.25) is 0 Å². The number of sulfonamides is 1. The van der Waals surface area contributed by atoms with Gasteiger partial charge >= 0.3 is 0 Å². The van der Waals surface area contributed by atoms with Crippen LogP contribution in [-0.4, -0.2) is 63.9 Å². The van der Waals surface area contributed by atoms with Crippen molar-refractivity contribution in [3.8, 4) is 0 Å². The Morgan fingerprint density at radius 1 is 1.17 bits per heavy atom. The van der Waals surface area contributed by atoms with Crippen LogP contribution < -0.4 is 10.9 Å². The number of aliphatic hydroxyl groups is 1. The normalized spacial score (nSPS) is 27.0. The average molecular weight is 434 g/mol. The van der Waals surface area contributed by atoms with Gasteiger partial charge in [0, 0.05) is 48.2 Å². The van der Waals surface area contributed by atoms with Gasteiger partial charge in [-0.15, -0.1) is 0 Å². The third-order valence-corrected chi connectivity index (χ3v) is 8.41. The van der Waals surface area contributed by atoms with Gasteiger partial charge in [0.15, 0.2) is 0 Å². The van der Waals surface area contributed by atoms with Crippen LogP contribution in [0.25, 0.3) is 11.0 Å². The number of hydrogen-bond donors (Lipinski definition) is 2. The smallest absolute Gasteiger partial charge is 0.252 e. The first kappa shape index (κ1) is 19.9. The third-order valence-electron chi connectivity index (χ3n) is 7.10. The van der Waals surface area contributed by atoms with Crippen molar-refractivity contribution in [3.05, 3.63) is 28.7 Å². The van der Waals surface area contributed by atoms with Crippen LogP contribution in [0.4, 0.5) is 5.95 Å². The zero-order valence-electron chi connectivity index (χ0n) is 17.0. The second-order valence-corrected chi connectivity index (χ2v) is 10.9. The maximum atomic E-state index is 12.8. The average Bonchev–Trinajstić information content (AvgIpc) is 3.44. The van der Waals surface area contributed by atoms with Crippen LogP contribution in [-0.2, 0) is 10.0 Å². The Labute approximate surface area is 175 Å². The molecule has 2 saturated carbocycles. The van der Waals surface area contributed by atoms with Crippen LogP contribution in [0.5, 0.6) is 0 Å². The number of hydrogen-bond acceptors (Lipinski definition) is 7. The fraction of sp³-hybridized carbons (Fsp3) is 0.650. The van der Waals surface area contributed by atoms with Crippen LogP contribution in [0.15, 0.2) is 23.1 Å². The summed E-state index contributed by atoms with van der Waals surface area (Å²) in [5, 5.41) is 14.6. The molecule has 162 valence electrons. The molecule has 1 spiro atoms. The minimum atomic E-state index is -3.16. The quantitative estimate of drug-likeness (QED) is 0.741. The Morgan fingerprint density at radius 2 is 1.90 bits per heavy atom. The Kier molecular flexibility index (Phi) is 4.64. The molecule has 0 radical (unpaired) electrons. The lowest BCUT2D eigenvalue weighted by Crippen LogP contribution is -2.42. The van der Waals surface area contributed by atoms with Crippen LogP contribution >= 0.6 is 0 Å². The molecule has 1 unspecified atom stereocenters. The summed E-state index contributed by atoms with van der Waals surface area (Å²) >= 11 is 0. The molecule has 0 aromatic carbocycles. The van der Waals surface area contributed by atoms with E-state index in [4.69, 9.17) is 0 Å². The van der Waals surface area contributed by atoms with E-state index < -0.39 is 10.0 Å². The van der Waals surface area contributed by atoms with Gasteiger partial charge in [0.2, 0.25) is 16.0 Å². The topological polar surface area (TPSA) is 117 Å². The molecular formula is C20H27N5O4S. The molecule has 2 atom stereocenters. The van der Waals surface area contributed by atoms with Gasteiger partial charge in [0.25, 0.3) is 5.56 Å². The Morgan fingerprint density at radius 3 is 2.57 bits per heavy atom. The highest BCUT2D eigenvalue weighted by atomic mass is 32.2. The summed E-state index contributed by atoms with van der Waals surface area (Å²) in [5.41, 5.74) is 0.313. The minimum Gasteiger partial charge on any atom is -0.392 e. The molecule has 5 rings (SSSR count). The van der Waals surface area contributed by atoms with E-state index in [2.05, 4.69) is 15.3 Å². The first-order valence-electron chi connectivity index (χ1n) is 10.6. The van der Waals surface area contributed by atoms with Crippen LogP contribution in [0, 0.1) is 5.41 Å². The summed E-state index contributed by atoms with van der Waals surface area (Å²) < 4.78 is 26.7. The predicted molar refractivity (Wildman–Crippen MR) is 113 cm³/mol. The van der Waals surface area contributed by atoms with Gasteiger partial charge in [-0.25, -0.2) is 17.7 Å². The molecule has 9 nitrogen and oxygen atoms in total. The minimum absolute atomic E-state index is 0.0375. The van der Waals surface area contributed by atoms with Crippen molar-refractivity contribution in [2.75, 3.05) is 24.7 Å². The van der Waals surface area contributed by atoms with Gasteiger partial charge in [-0.1, -0.05) is 0 Å². The molecule has 2 aromatic heterocycles. The summed E-state index contributed by atoms with van der Waals surface area (Å²) in [6.45, 7) is 0.939. The van der Waals surface area contributed by atoms with Crippen molar-refractivity contribution < 1.29 is 13.5 Å². The summed E-state index contributed by atoms with van der Waals surface area (Å²) in [5.74, 6) is 0.447. The van der Waals surface area contributed by atoms with Crippen molar-refractivity contribution in [3.63, 3.8) is 0 Å². The highest BCUT2D eigenvalue weighted by Crippen LogP contribution is 2.63. The maximum absolute atomic E-state index is 12.8. The van der Waals surface area contributed by atoms with Gasteiger partial charge in [-0.2, -0.15) is 4.98 Å². The molecule has 30 heavy (non-hydrogen) atoms. The van der Waals surface area contributed by atoms with E-state index in [0.717, 1.165) is 24.6 Å². The molecule has 3 heterocycles. The fourth-order valence-corrected chi connectivity index (χ4v) is 6.11. The van der Waals surface area contributed by atoms with Gasteiger partial charge in [0.05, 0.1) is 12.4 Å². The number of nitrogens with one attached hydrogen (secondary N) is 1. The van der Waals surface area contributed by atoms with Crippen molar-refractivity contribution in [1.82, 2.24) is 18.8 Å². The van der Waals surface area contributed by atoms with Crippen molar-refractivity contribution >= 4 is 27.0 Å². The number of nitrogens with zero attached hydrogens (tertiary/aromatic N) is 4. The Hall–Kier alpha value is -2.04. The lowest BCUT2D eigenvalue weighted by Gasteiger charge is -2.30. The molecule has 2 aromatic rings. The number of piperidine rings is 1. The van der Waals surface area contributed by atoms with E-state index in [9.17, 15) is 18.3 Å². The van der Waals surface area contributed by atoms with E-state index in [0.29, 0.717) is 43.9 Å². The summed E-state index contributed by atoms with van der Waals surface area (Å²) in [6.07, 6.45) is 7.31. The Bertz CT molecular complexity index is 1140. The molecule has 1 saturated heterocycles. The summed E-state index contributed by atoms with van der Waals surface area (Å²) in [6, 6.07) is 3.34. The molecule has 0 bridgehead atoms. The van der Waals surface area contributed by atoms with Gasteiger partial charge in [-0.05, 0) is 44.6 Å². The molecule has 3 aliphatic rings. The van der Waals surface area contributed by atoms with Crippen LogP contribution in [0.1, 0.15) is 44.6 Å².